The molecule has 0 aliphatic carbocycles. The van der Waals surface area contributed by atoms with E-state index >= 15 is 0 Å². The van der Waals surface area contributed by atoms with Crippen LogP contribution in [0.25, 0.3) is 23.4 Å². The number of aromatic nitrogens is 2. The Morgan fingerprint density at radius 1 is 1.00 bits per heavy atom. The lowest BCUT2D eigenvalue weighted by atomic mass is 10.2. The third kappa shape index (κ3) is 2.72. The Morgan fingerprint density at radius 2 is 1.67 bits per heavy atom. The van der Waals surface area contributed by atoms with E-state index in [1.165, 1.54) is 21.5 Å². The van der Waals surface area contributed by atoms with Crippen molar-refractivity contribution in [2.24, 2.45) is 0 Å². The van der Waals surface area contributed by atoms with E-state index in [2.05, 4.69) is 18.5 Å². The van der Waals surface area contributed by atoms with Crippen LogP contribution in [0.15, 0.2) is 66.5 Å². The number of benzene rings is 2. The topological polar surface area (TPSA) is 65.3 Å². The van der Waals surface area contributed by atoms with Gasteiger partial charge in [0.25, 0.3) is 0 Å². The number of hydrogen-bond acceptors (Lipinski definition) is 3. The van der Waals surface area contributed by atoms with E-state index in [1.807, 2.05) is 6.07 Å². The van der Waals surface area contributed by atoms with Gasteiger partial charge in [-0.2, -0.15) is 0 Å². The zero-order valence-corrected chi connectivity index (χ0v) is 12.8. The minimum atomic E-state index is -0.615. The zero-order valence-electron chi connectivity index (χ0n) is 12.8. The van der Waals surface area contributed by atoms with Gasteiger partial charge in [-0.3, -0.25) is 14.5 Å². The minimum Gasteiger partial charge on any atom is -0.410 e. The molecule has 6 nitrogen and oxygen atoms in total. The first-order valence-corrected chi connectivity index (χ1v) is 7.19. The van der Waals surface area contributed by atoms with Gasteiger partial charge in [0.05, 0.1) is 11.0 Å². The van der Waals surface area contributed by atoms with E-state index in [0.717, 1.165) is 0 Å². The summed E-state index contributed by atoms with van der Waals surface area (Å²) >= 11 is 0. The van der Waals surface area contributed by atoms with Gasteiger partial charge in [-0.05, 0) is 30.3 Å². The zero-order chi connectivity index (χ0) is 17.1. The number of hydrogen-bond donors (Lipinski definition) is 1. The van der Waals surface area contributed by atoms with Crippen molar-refractivity contribution in [3.05, 3.63) is 72.2 Å². The van der Waals surface area contributed by atoms with E-state index in [4.69, 9.17) is 4.74 Å². The van der Waals surface area contributed by atoms with Crippen molar-refractivity contribution in [3.63, 3.8) is 0 Å². The smallest absolute Gasteiger partial charge is 0.410 e. The highest BCUT2D eigenvalue weighted by Gasteiger charge is 2.12. The van der Waals surface area contributed by atoms with Gasteiger partial charge >= 0.3 is 11.8 Å². The molecule has 1 aromatic heterocycles. The highest BCUT2D eigenvalue weighted by molar-refractivity contribution is 5.91. The number of imidazole rings is 1. The summed E-state index contributed by atoms with van der Waals surface area (Å²) in [5.41, 5.74) is 1.49. The number of amides is 1. The lowest BCUT2D eigenvalue weighted by molar-refractivity contribution is 0.215. The number of ether oxygens (including phenoxy) is 1. The Hall–Kier alpha value is -3.54. The quantitative estimate of drug-likeness (QED) is 0.798. The largest absolute Gasteiger partial charge is 0.417 e. The first-order valence-electron chi connectivity index (χ1n) is 7.19. The van der Waals surface area contributed by atoms with Gasteiger partial charge in [0.2, 0.25) is 0 Å². The molecule has 0 saturated carbocycles. The Bertz CT molecular complexity index is 984. The number of carbonyl (C=O) groups is 1. The molecule has 0 fully saturated rings. The molecule has 1 heterocycles. The van der Waals surface area contributed by atoms with Crippen LogP contribution < -0.4 is 15.7 Å². The summed E-state index contributed by atoms with van der Waals surface area (Å²) in [5.74, 6) is 0.442. The van der Waals surface area contributed by atoms with E-state index in [9.17, 15) is 9.59 Å². The molecule has 0 aliphatic rings. The third-order valence-corrected chi connectivity index (χ3v) is 3.47. The monoisotopic (exact) mass is 321 g/mol. The maximum Gasteiger partial charge on any atom is 0.417 e. The van der Waals surface area contributed by atoms with Crippen LogP contribution in [-0.2, 0) is 0 Å². The lowest BCUT2D eigenvalue weighted by Crippen LogP contribution is -2.17. The van der Waals surface area contributed by atoms with Gasteiger partial charge in [0.15, 0.2) is 0 Å². The van der Waals surface area contributed by atoms with Crippen molar-refractivity contribution in [1.82, 2.24) is 9.13 Å². The average molecular weight is 321 g/mol. The predicted octanol–water partition coefficient (Wildman–Crippen LogP) is 3.61. The summed E-state index contributed by atoms with van der Waals surface area (Å²) in [6.07, 6.45) is 2.23. The van der Waals surface area contributed by atoms with Crippen LogP contribution in [0.1, 0.15) is 0 Å². The van der Waals surface area contributed by atoms with Crippen LogP contribution in [0.4, 0.5) is 10.5 Å². The van der Waals surface area contributed by atoms with E-state index < -0.39 is 6.09 Å². The Labute approximate surface area is 137 Å². The number of para-hydroxylation sites is 1. The van der Waals surface area contributed by atoms with Gasteiger partial charge in [0, 0.05) is 18.1 Å². The lowest BCUT2D eigenvalue weighted by Gasteiger charge is -2.07. The van der Waals surface area contributed by atoms with E-state index in [0.29, 0.717) is 22.5 Å². The van der Waals surface area contributed by atoms with Crippen LogP contribution in [-0.4, -0.2) is 15.2 Å². The fourth-order valence-electron chi connectivity index (χ4n) is 2.41. The minimum absolute atomic E-state index is 0.279. The molecule has 0 bridgehead atoms. The molecule has 3 aromatic rings. The van der Waals surface area contributed by atoms with E-state index in [1.54, 1.807) is 42.5 Å². The second-order valence-corrected chi connectivity index (χ2v) is 4.92. The number of fused-ring (bicyclic) bond motifs is 1. The molecule has 0 unspecified atom stereocenters. The number of nitrogens with one attached hydrogen (secondary N) is 1. The van der Waals surface area contributed by atoms with Crippen molar-refractivity contribution in [2.75, 3.05) is 5.32 Å². The van der Waals surface area contributed by atoms with Crippen molar-refractivity contribution in [3.8, 4) is 5.75 Å². The Morgan fingerprint density at radius 3 is 2.33 bits per heavy atom. The number of rotatable bonds is 4. The molecule has 24 heavy (non-hydrogen) atoms. The van der Waals surface area contributed by atoms with Crippen molar-refractivity contribution >= 4 is 35.2 Å². The highest BCUT2D eigenvalue weighted by atomic mass is 16.6. The molecular formula is C18H15N3O3. The van der Waals surface area contributed by atoms with Crippen LogP contribution in [0.5, 0.6) is 5.75 Å². The van der Waals surface area contributed by atoms with Crippen molar-refractivity contribution < 1.29 is 9.53 Å². The van der Waals surface area contributed by atoms with E-state index in [-0.39, 0.29) is 5.69 Å². The Balaban J connectivity index is 1.91. The second kappa shape index (κ2) is 6.29. The normalized spacial score (nSPS) is 10.3. The van der Waals surface area contributed by atoms with Gasteiger partial charge < -0.3 is 4.74 Å². The molecule has 1 amide bonds. The van der Waals surface area contributed by atoms with Crippen LogP contribution in [0.2, 0.25) is 0 Å². The summed E-state index contributed by atoms with van der Waals surface area (Å²) in [5, 5.41) is 2.63. The fourth-order valence-corrected chi connectivity index (χ4v) is 2.41. The summed E-state index contributed by atoms with van der Waals surface area (Å²) in [6, 6.07) is 13.8. The van der Waals surface area contributed by atoms with Crippen molar-refractivity contribution in [1.29, 1.82) is 0 Å². The first-order chi connectivity index (χ1) is 11.6. The second-order valence-electron chi connectivity index (χ2n) is 4.92. The molecule has 2 aromatic carbocycles. The molecule has 0 spiro atoms. The summed E-state index contributed by atoms with van der Waals surface area (Å²) in [6.45, 7) is 7.27. The van der Waals surface area contributed by atoms with Gasteiger partial charge in [0.1, 0.15) is 5.75 Å². The molecule has 1 N–H and O–H groups in total. The third-order valence-electron chi connectivity index (χ3n) is 3.47. The van der Waals surface area contributed by atoms with Crippen LogP contribution >= 0.6 is 0 Å². The molecule has 0 radical (unpaired) electrons. The van der Waals surface area contributed by atoms with Crippen LogP contribution in [0.3, 0.4) is 0 Å². The van der Waals surface area contributed by atoms with Gasteiger partial charge in [-0.1, -0.05) is 31.4 Å². The van der Waals surface area contributed by atoms with Gasteiger partial charge in [-0.25, -0.2) is 9.59 Å². The van der Waals surface area contributed by atoms with Crippen molar-refractivity contribution in [2.45, 2.75) is 0 Å². The molecular weight excluding hydrogens is 306 g/mol. The molecule has 6 heteroatoms. The maximum atomic E-state index is 12.2. The predicted molar refractivity (Wildman–Crippen MR) is 95.1 cm³/mol. The number of carbonyl (C=O) groups excluding carboxylic acids is 1. The molecule has 0 saturated heterocycles. The maximum absolute atomic E-state index is 12.2. The first kappa shape index (κ1) is 15.4. The Kier molecular flexibility index (Phi) is 4.03. The summed E-state index contributed by atoms with van der Waals surface area (Å²) in [4.78, 5) is 24.2. The molecule has 120 valence electrons. The summed E-state index contributed by atoms with van der Waals surface area (Å²) in [7, 11) is 0. The SMILES string of the molecule is C=Cn1c(=O)n(C=C)c2cc(NC(=O)Oc3ccccc3)ccc21. The highest BCUT2D eigenvalue weighted by Crippen LogP contribution is 2.20. The molecule has 3 rings (SSSR count). The molecule has 0 atom stereocenters. The van der Waals surface area contributed by atoms with Crippen LogP contribution in [0, 0.1) is 0 Å². The number of nitrogens with zero attached hydrogens (tertiary/aromatic N) is 2. The fraction of sp³-hybridized carbons (Fsp3) is 0. The average Bonchev–Trinajstić information content (AvgIpc) is 2.85. The standard InChI is InChI=1S/C18H15N3O3/c1-3-20-15-11-10-13(12-16(15)21(4-2)18(20)23)19-17(22)24-14-8-6-5-7-9-14/h3-12H,1-2H2,(H,19,22). The van der Waals surface area contributed by atoms with Gasteiger partial charge in [-0.15, -0.1) is 0 Å². The summed E-state index contributed by atoms with van der Waals surface area (Å²) < 4.78 is 7.96. The molecule has 0 aliphatic heterocycles. The number of anilines is 1.